The number of carbonyl (C=O) groups excluding carboxylic acids is 2. The van der Waals surface area contributed by atoms with Gasteiger partial charge in [-0.15, -0.1) is 11.8 Å². The molecule has 1 saturated carbocycles. The Morgan fingerprint density at radius 3 is 2.97 bits per heavy atom. The van der Waals surface area contributed by atoms with Crippen LogP contribution in [0.4, 0.5) is 0 Å². The molecule has 2 aliphatic rings. The first-order chi connectivity index (χ1) is 15.1. The molecule has 5 heteroatoms. The standard InChI is InChI=1S/C26H32O5/c1-4-5-9-18(2)10-6-13-20-22(30-17-27)16-23-25(20)21-14-7-11-19(26(21)31-23)12-8-15-24(28)29-3/h6-7,11,13-14,17-18,20,22-23,25H,8-10,12,15-16H2,1-3H3/b13-6+/t18?,20?,22-,23+,25+/m1/s1. The Labute approximate surface area is 185 Å². The molecular formula is C26H32O5. The second-order valence-electron chi connectivity index (χ2n) is 8.43. The number of fused-ring (bicyclic) bond motifs is 3. The zero-order chi connectivity index (χ0) is 22.2. The number of benzene rings is 1. The van der Waals surface area contributed by atoms with Crippen LogP contribution in [0, 0.1) is 23.7 Å². The van der Waals surface area contributed by atoms with E-state index in [4.69, 9.17) is 14.2 Å². The lowest BCUT2D eigenvalue weighted by Crippen LogP contribution is -2.19. The third-order valence-corrected chi connectivity index (χ3v) is 6.27. The second-order valence-corrected chi connectivity index (χ2v) is 8.43. The summed E-state index contributed by atoms with van der Waals surface area (Å²) in [6.07, 6.45) is 8.63. The summed E-state index contributed by atoms with van der Waals surface area (Å²) in [7, 11) is 1.41. The van der Waals surface area contributed by atoms with Gasteiger partial charge in [-0.05, 0) is 37.7 Å². The van der Waals surface area contributed by atoms with Crippen LogP contribution in [0.1, 0.15) is 63.0 Å². The Kier molecular flexibility index (Phi) is 8.17. The Hall–Kier alpha value is -2.74. The molecule has 166 valence electrons. The quantitative estimate of drug-likeness (QED) is 0.238. The van der Waals surface area contributed by atoms with Gasteiger partial charge in [0.25, 0.3) is 6.47 Å². The van der Waals surface area contributed by atoms with Crippen LogP contribution < -0.4 is 4.74 Å². The van der Waals surface area contributed by atoms with Gasteiger partial charge in [0.15, 0.2) is 0 Å². The second kappa shape index (κ2) is 11.0. The number of ether oxygens (including phenoxy) is 3. The van der Waals surface area contributed by atoms with Gasteiger partial charge >= 0.3 is 5.97 Å². The van der Waals surface area contributed by atoms with Crippen LogP contribution in [-0.4, -0.2) is 31.8 Å². The van der Waals surface area contributed by atoms with Gasteiger partial charge in [0.1, 0.15) is 18.0 Å². The first kappa shape index (κ1) is 22.9. The van der Waals surface area contributed by atoms with Crippen molar-refractivity contribution in [3.63, 3.8) is 0 Å². The fourth-order valence-corrected chi connectivity index (χ4v) is 4.71. The molecule has 1 aliphatic heterocycles. The molecular weight excluding hydrogens is 392 g/mol. The van der Waals surface area contributed by atoms with Crippen molar-refractivity contribution >= 4 is 12.4 Å². The summed E-state index contributed by atoms with van der Waals surface area (Å²) in [4.78, 5) is 22.5. The van der Waals surface area contributed by atoms with Crippen molar-refractivity contribution in [2.24, 2.45) is 11.8 Å². The van der Waals surface area contributed by atoms with Crippen LogP contribution in [0.2, 0.25) is 0 Å². The smallest absolute Gasteiger partial charge is 0.305 e. The number of aryl methyl sites for hydroxylation is 1. The largest absolute Gasteiger partial charge is 0.489 e. The number of rotatable bonds is 10. The molecule has 3 rings (SSSR count). The van der Waals surface area contributed by atoms with Crippen LogP contribution >= 0.6 is 0 Å². The van der Waals surface area contributed by atoms with Gasteiger partial charge in [0.05, 0.1) is 7.11 Å². The van der Waals surface area contributed by atoms with Gasteiger partial charge in [0, 0.05) is 36.7 Å². The Morgan fingerprint density at radius 2 is 2.23 bits per heavy atom. The van der Waals surface area contributed by atoms with Crippen molar-refractivity contribution in [3.8, 4) is 17.6 Å². The van der Waals surface area contributed by atoms with Crippen molar-refractivity contribution in [1.29, 1.82) is 0 Å². The highest BCUT2D eigenvalue weighted by Gasteiger charge is 2.50. The first-order valence-electron chi connectivity index (χ1n) is 11.1. The van der Waals surface area contributed by atoms with Gasteiger partial charge in [-0.1, -0.05) is 37.3 Å². The van der Waals surface area contributed by atoms with Crippen LogP contribution in [0.25, 0.3) is 0 Å². The Bertz CT molecular complexity index is 862. The average Bonchev–Trinajstić information content (AvgIpc) is 3.29. The molecule has 1 aliphatic carbocycles. The molecule has 0 bridgehead atoms. The van der Waals surface area contributed by atoms with Crippen LogP contribution in [0.15, 0.2) is 30.4 Å². The van der Waals surface area contributed by atoms with Gasteiger partial charge < -0.3 is 14.2 Å². The molecule has 5 nitrogen and oxygen atoms in total. The summed E-state index contributed by atoms with van der Waals surface area (Å²) in [6, 6.07) is 6.24. The summed E-state index contributed by atoms with van der Waals surface area (Å²) in [6.45, 7) is 4.61. The van der Waals surface area contributed by atoms with E-state index in [9.17, 15) is 9.59 Å². The molecule has 31 heavy (non-hydrogen) atoms. The minimum atomic E-state index is -0.191. The molecule has 0 aromatic heterocycles. The molecule has 5 atom stereocenters. The van der Waals surface area contributed by atoms with E-state index in [1.165, 1.54) is 12.7 Å². The fourth-order valence-electron chi connectivity index (χ4n) is 4.71. The van der Waals surface area contributed by atoms with E-state index < -0.39 is 0 Å². The lowest BCUT2D eigenvalue weighted by Gasteiger charge is -2.20. The molecule has 0 saturated heterocycles. The molecule has 1 aromatic carbocycles. The van der Waals surface area contributed by atoms with Gasteiger partial charge in [-0.3, -0.25) is 9.59 Å². The number of methoxy groups -OCH3 is 1. The molecule has 1 fully saturated rings. The molecule has 0 N–H and O–H groups in total. The predicted molar refractivity (Wildman–Crippen MR) is 119 cm³/mol. The maximum atomic E-state index is 11.4. The lowest BCUT2D eigenvalue weighted by molar-refractivity contribution is -0.140. The van der Waals surface area contributed by atoms with Gasteiger partial charge in [-0.25, -0.2) is 0 Å². The highest BCUT2D eigenvalue weighted by atomic mass is 16.5. The highest BCUT2D eigenvalue weighted by molar-refractivity contribution is 5.69. The number of hydrogen-bond donors (Lipinski definition) is 0. The van der Waals surface area contributed by atoms with E-state index in [0.29, 0.717) is 25.2 Å². The third kappa shape index (κ3) is 5.50. The number of esters is 1. The molecule has 0 radical (unpaired) electrons. The van der Waals surface area contributed by atoms with E-state index in [1.807, 2.05) is 6.92 Å². The van der Waals surface area contributed by atoms with Crippen molar-refractivity contribution in [2.75, 3.05) is 7.11 Å². The minimum absolute atomic E-state index is 0.000242. The van der Waals surface area contributed by atoms with Crippen molar-refractivity contribution in [2.45, 2.75) is 70.5 Å². The highest BCUT2D eigenvalue weighted by Crippen LogP contribution is 2.52. The van der Waals surface area contributed by atoms with E-state index in [-0.39, 0.29) is 30.0 Å². The molecule has 0 amide bonds. The minimum Gasteiger partial charge on any atom is -0.489 e. The Balaban J connectivity index is 1.75. The number of para-hydroxylation sites is 1. The zero-order valence-electron chi connectivity index (χ0n) is 18.6. The number of hydrogen-bond acceptors (Lipinski definition) is 5. The average molecular weight is 425 g/mol. The van der Waals surface area contributed by atoms with Crippen molar-refractivity contribution < 1.29 is 23.8 Å². The SMILES string of the molecule is CC#CCC(C)C/C=C/C1[C@H]2c3cccc(CCCC(=O)OC)c3O[C@H]2C[C@H]1OC=O. The summed E-state index contributed by atoms with van der Waals surface area (Å²) in [5, 5.41) is 0. The van der Waals surface area contributed by atoms with E-state index in [2.05, 4.69) is 49.1 Å². The van der Waals surface area contributed by atoms with E-state index in [0.717, 1.165) is 37.0 Å². The number of allylic oxidation sites excluding steroid dienone is 1. The summed E-state index contributed by atoms with van der Waals surface area (Å²) >= 11 is 0. The molecule has 2 unspecified atom stereocenters. The first-order valence-corrected chi connectivity index (χ1v) is 11.1. The maximum Gasteiger partial charge on any atom is 0.305 e. The van der Waals surface area contributed by atoms with E-state index in [1.54, 1.807) is 0 Å². The van der Waals surface area contributed by atoms with Crippen molar-refractivity contribution in [1.82, 2.24) is 0 Å². The predicted octanol–water partition coefficient (Wildman–Crippen LogP) is 4.58. The van der Waals surface area contributed by atoms with Gasteiger partial charge in [-0.2, -0.15) is 0 Å². The summed E-state index contributed by atoms with van der Waals surface area (Å²) in [5.74, 6) is 7.58. The normalized spacial score (nSPS) is 24.5. The summed E-state index contributed by atoms with van der Waals surface area (Å²) < 4.78 is 16.5. The zero-order valence-corrected chi connectivity index (χ0v) is 18.6. The monoisotopic (exact) mass is 424 g/mol. The number of carbonyl (C=O) groups is 2. The van der Waals surface area contributed by atoms with E-state index >= 15 is 0 Å². The van der Waals surface area contributed by atoms with Crippen LogP contribution in [0.5, 0.6) is 5.75 Å². The topological polar surface area (TPSA) is 61.8 Å². The Morgan fingerprint density at radius 1 is 1.39 bits per heavy atom. The fraction of sp³-hybridized carbons (Fsp3) is 0.538. The summed E-state index contributed by atoms with van der Waals surface area (Å²) in [5.41, 5.74) is 2.30. The molecule has 1 aromatic rings. The van der Waals surface area contributed by atoms with Crippen LogP contribution in [-0.2, 0) is 25.5 Å². The van der Waals surface area contributed by atoms with Crippen LogP contribution in [0.3, 0.4) is 0 Å². The molecule has 1 heterocycles. The lowest BCUT2D eigenvalue weighted by atomic mass is 9.86. The maximum absolute atomic E-state index is 11.4. The van der Waals surface area contributed by atoms with Crippen molar-refractivity contribution in [3.05, 3.63) is 41.5 Å². The van der Waals surface area contributed by atoms with Gasteiger partial charge in [0.2, 0.25) is 0 Å². The molecule has 0 spiro atoms. The third-order valence-electron chi connectivity index (χ3n) is 6.27.